The summed E-state index contributed by atoms with van der Waals surface area (Å²) in [6.45, 7) is 31.3. The normalized spacial score (nSPS) is 19.0. The number of aliphatic carboxylic acids is 1. The number of hydrogen-bond donors (Lipinski definition) is 17. The number of nitrogens with zero attached hydrogens (tertiary/aromatic N) is 9. The number of piperidine rings is 3. The molecule has 0 radical (unpaired) electrons. The maximum atomic E-state index is 12.7. The van der Waals surface area contributed by atoms with Crippen molar-refractivity contribution in [3.05, 3.63) is 83.6 Å². The van der Waals surface area contributed by atoms with Gasteiger partial charge in [-0.15, -0.1) is 26.9 Å². The number of fused-ring (bicyclic) bond motifs is 6. The van der Waals surface area contributed by atoms with E-state index in [9.17, 15) is 80.3 Å². The number of amides is 13. The van der Waals surface area contributed by atoms with E-state index in [0.717, 1.165) is 17.5 Å². The molecule has 7 aliphatic rings. The molecule has 1 aromatic heterocycles. The van der Waals surface area contributed by atoms with Crippen LogP contribution in [0.4, 0.5) is 33.6 Å². The number of aliphatic hydroxyl groups excluding tert-OH is 2. The van der Waals surface area contributed by atoms with Crippen LogP contribution in [-0.2, 0) is 109 Å². The highest BCUT2D eigenvalue weighted by Crippen LogP contribution is 2.40. The van der Waals surface area contributed by atoms with Gasteiger partial charge in [0.05, 0.1) is 77.5 Å². The van der Waals surface area contributed by atoms with Crippen molar-refractivity contribution in [2.24, 2.45) is 45.7 Å². The Bertz CT molecular complexity index is 4500. The Morgan fingerprint density at radius 2 is 0.889 bits per heavy atom. The highest BCUT2D eigenvalue weighted by molar-refractivity contribution is 7.80. The number of ketones is 1. The summed E-state index contributed by atoms with van der Waals surface area (Å²) in [6.07, 6.45) is 3.42. The fourth-order valence-corrected chi connectivity index (χ4v) is 13.8. The first-order valence-corrected chi connectivity index (χ1v) is 46.8. The summed E-state index contributed by atoms with van der Waals surface area (Å²) >= 11 is 0. The quantitative estimate of drug-likeness (QED) is 0.0113. The predicted octanol–water partition coefficient (Wildman–Crippen LogP) is 2.14. The minimum atomic E-state index is -4.77. The van der Waals surface area contributed by atoms with Crippen LogP contribution in [0.3, 0.4) is 0 Å². The van der Waals surface area contributed by atoms with Gasteiger partial charge >= 0.3 is 76.7 Å². The molecule has 13 amide bonds. The van der Waals surface area contributed by atoms with E-state index in [4.69, 9.17) is 76.1 Å². The Labute approximate surface area is 842 Å². The Balaban J connectivity index is 0.00000165. The number of halogens is 1. The van der Waals surface area contributed by atoms with E-state index in [1.165, 1.54) is 41.3 Å². The minimum absolute atomic E-state index is 0. The number of rotatable bonds is 30. The van der Waals surface area contributed by atoms with Gasteiger partial charge in [0.1, 0.15) is 77.9 Å². The standard InChI is InChI=1S/C20H27N3O4.C14H16N2O4.C12H16N6O6S.C10H19NO4.2C9H19N3O3.C9H17NO5.C4H9NO3.ClH.H4N2.H2O/c1-3-14(2)18(24)11-21-19(25)17-10-9-16-12-22(17)20(26)23(16)27-13-15-7-5-4-6-8-15;17-13(18)12-7-6-11-8-15(12)14(19)16(11)20-9-10-4-2-1-3-5-10;13-9-3-6(4-14-9)10-15-16-11(23-10)8-2-1-7-5-17(8)12(19)18(7)24-25(20,21)22;1-6-7(8(12)14-5)11-9(13)15-10(2,3)4;2*1-5-6(7(13)12-10)11-8(14)15-9(2,3)4;1-9(2,3)15-8(13)10-6(5-11)7(12)14-4;1-8-4(7)3(5)2-6;;1-2;/h4-8,14,16-17H,3,9-13H2,1-2H3,(H,21,25);1-5,11-12H,6-9H2,(H,17,18);6-8H,1-5H2,(H2,13,14)(H,20,21,22);7H,6H2,1-5H3,(H,11,13);2*6H,5,10H2,1-4H3,(H,11,14)(H,12,13);6,11H,5H2,1-4H3,(H,10,13);3,6H,2,5H2,1H3;1H;1-2H2;1H2/t14?,16-,17+;11-,12+;6?,7-,8+;;;;;;;;/m111......../s1. The van der Waals surface area contributed by atoms with Crippen molar-refractivity contribution < 1.29 is 157 Å². The molecular weight excluding hydrogens is 1950 g/mol. The second-order valence-corrected chi connectivity index (χ2v) is 37.2. The lowest BCUT2D eigenvalue weighted by molar-refractivity contribution is -0.144. The number of alkyl carbamates (subject to hydrolysis) is 4. The Kier molecular flexibility index (Phi) is 58.3. The zero-order chi connectivity index (χ0) is 108. The third-order valence-electron chi connectivity index (χ3n) is 20.6. The number of carbonyl (C=O) groups excluding carboxylic acids is 14. The molecule has 7 aliphatic heterocycles. The van der Waals surface area contributed by atoms with Crippen LogP contribution in [0.15, 0.2) is 70.1 Å². The topological polar surface area (TPSA) is 806 Å². The van der Waals surface area contributed by atoms with Crippen molar-refractivity contribution in [1.29, 1.82) is 0 Å². The molecule has 818 valence electrons. The first kappa shape index (κ1) is 132. The van der Waals surface area contributed by atoms with E-state index in [2.05, 4.69) is 72.0 Å². The number of amidine groups is 1. The minimum Gasteiger partial charge on any atom is -0.480 e. The van der Waals surface area contributed by atoms with Crippen LogP contribution in [0.25, 0.3) is 0 Å². The molecule has 57 heteroatoms. The van der Waals surface area contributed by atoms with Crippen molar-refractivity contribution in [1.82, 2.24) is 77.5 Å². The van der Waals surface area contributed by atoms with E-state index in [1.54, 1.807) is 109 Å². The Hall–Kier alpha value is -12.3. The van der Waals surface area contributed by atoms with Crippen LogP contribution >= 0.6 is 12.4 Å². The first-order valence-electron chi connectivity index (χ1n) is 45.4. The number of aliphatic hydroxyl groups is 2. The van der Waals surface area contributed by atoms with E-state index < -0.39 is 160 Å². The molecule has 25 N–H and O–H groups in total. The number of nitrogens with two attached hydrogens (primary N) is 6. The molecule has 3 aromatic rings. The fourth-order valence-electron chi connectivity index (χ4n) is 13.4. The van der Waals surface area contributed by atoms with E-state index >= 15 is 0 Å². The molecule has 0 aliphatic carbocycles. The number of carbonyl (C=O) groups is 15. The molecule has 0 saturated carbocycles. The number of hydroxylamine groups is 6. The molecule has 13 atom stereocenters. The molecule has 0 spiro atoms. The smallest absolute Gasteiger partial charge is 0.418 e. The van der Waals surface area contributed by atoms with Gasteiger partial charge in [-0.1, -0.05) is 95.3 Å². The Morgan fingerprint density at radius 3 is 1.24 bits per heavy atom. The number of Topliss-reactive ketones (excluding diaryl/α,β-unsaturated/α-hetero) is 1. The van der Waals surface area contributed by atoms with Crippen LogP contribution in [0.5, 0.6) is 0 Å². The number of nitrogens with one attached hydrogen (secondary N) is 7. The number of methoxy groups -OCH3 is 3. The summed E-state index contributed by atoms with van der Waals surface area (Å²) in [5.41, 5.74) is 14.2. The predicted molar refractivity (Wildman–Crippen MR) is 515 cm³/mol. The number of carboxylic acids is 1. The van der Waals surface area contributed by atoms with Crippen LogP contribution in [0.2, 0.25) is 0 Å². The lowest BCUT2D eigenvalue weighted by Gasteiger charge is -2.29. The van der Waals surface area contributed by atoms with Crippen LogP contribution < -0.4 is 72.3 Å². The van der Waals surface area contributed by atoms with Gasteiger partial charge in [0.15, 0.2) is 11.8 Å². The molecule has 8 heterocycles. The van der Waals surface area contributed by atoms with Gasteiger partial charge in [-0.05, 0) is 158 Å². The summed E-state index contributed by atoms with van der Waals surface area (Å²) in [5.74, 6) is 15.2. The monoisotopic (exact) mass is 2100 g/mol. The van der Waals surface area contributed by atoms with Gasteiger partial charge in [0.2, 0.25) is 17.7 Å². The van der Waals surface area contributed by atoms with Crippen molar-refractivity contribution >= 4 is 118 Å². The van der Waals surface area contributed by atoms with Crippen molar-refractivity contribution in [3.8, 4) is 0 Å². The van der Waals surface area contributed by atoms with Gasteiger partial charge in [0, 0.05) is 32.0 Å². The fraction of sp³-hybridized carbons (Fsp3) is 0.655. The molecule has 144 heavy (non-hydrogen) atoms. The largest absolute Gasteiger partial charge is 0.480 e. The molecule has 2 aromatic carbocycles. The molecule has 10 rings (SSSR count). The highest BCUT2D eigenvalue weighted by atomic mass is 35.5. The lowest BCUT2D eigenvalue weighted by Crippen LogP contribution is -2.50. The van der Waals surface area contributed by atoms with Crippen LogP contribution in [0, 0.1) is 5.92 Å². The molecule has 6 saturated heterocycles. The van der Waals surface area contributed by atoms with Crippen LogP contribution in [-0.4, -0.2) is 320 Å². The maximum absolute atomic E-state index is 12.7. The van der Waals surface area contributed by atoms with Gasteiger partial charge in [-0.25, -0.2) is 59.6 Å². The average molecular weight is 2100 g/mol. The van der Waals surface area contributed by atoms with Crippen molar-refractivity contribution in [2.45, 2.75) is 296 Å². The first-order chi connectivity index (χ1) is 66.4. The number of urea groups is 3. The van der Waals surface area contributed by atoms with Gasteiger partial charge in [0.25, 0.3) is 11.8 Å². The molecule has 7 unspecified atom stereocenters. The summed E-state index contributed by atoms with van der Waals surface area (Å²) in [6, 6.07) is 11.7. The maximum Gasteiger partial charge on any atom is 0.418 e. The summed E-state index contributed by atoms with van der Waals surface area (Å²) in [4.78, 5) is 192. The number of ether oxygens (including phenoxy) is 7. The molecule has 6 bridgehead atoms. The summed E-state index contributed by atoms with van der Waals surface area (Å²) in [5, 5.41) is 49.8. The Morgan fingerprint density at radius 1 is 0.521 bits per heavy atom. The zero-order valence-electron chi connectivity index (χ0n) is 84.9. The van der Waals surface area contributed by atoms with E-state index in [1.807, 2.05) is 85.4 Å². The zero-order valence-corrected chi connectivity index (χ0v) is 86.6. The third-order valence-corrected chi connectivity index (χ3v) is 20.9. The number of hydrazine groups is 3. The van der Waals surface area contributed by atoms with E-state index in [0.29, 0.717) is 114 Å². The highest BCUT2D eigenvalue weighted by Gasteiger charge is 2.52. The molecule has 6 fully saturated rings. The van der Waals surface area contributed by atoms with E-state index in [-0.39, 0.29) is 91.1 Å². The van der Waals surface area contributed by atoms with Crippen LogP contribution in [0.1, 0.15) is 223 Å². The SMILES string of the molecule is CCC(C)C(=O)CNC(=O)[C@@H]1CC[C@@H]2CN1C(=O)N2OCc1ccccc1.CCC(NC(=O)OC(C)(C)C)C(=O)NN.CCC(NC(=O)OC(C)(C)C)C(=O)NN.CCC(NC(=O)OC(C)(C)C)C(=O)OC.COC(=O)C(CO)NC(=O)OC(C)(C)C.COC(=O)C(N)CO.Cl.NC1=NCC(c2nnc([C@@H]3CC[C@@H]4CN3C(=O)N4OS(=O)(=O)O)o2)C1.NN.O.O=C(O)[C@@H]1CC[C@@H]2CN1C(=O)N2OCc1ccccc1. The second-order valence-electron chi connectivity index (χ2n) is 36.2. The average Bonchev–Trinajstić information content (AvgIpc) is 1.60. The number of carboxylic acid groups (broad SMARTS) is 1. The van der Waals surface area contributed by atoms with Gasteiger partial charge in [-0.2, -0.15) is 23.6 Å². The second kappa shape index (κ2) is 63.7. The molecule has 55 nitrogen and oxygen atoms in total. The van der Waals surface area contributed by atoms with Gasteiger partial charge < -0.3 is 111 Å². The van der Waals surface area contributed by atoms with Crippen molar-refractivity contribution in [2.75, 3.05) is 67.3 Å². The summed E-state index contributed by atoms with van der Waals surface area (Å²) in [7, 11) is -1.10. The number of aromatic nitrogens is 2. The number of benzene rings is 2. The molecular formula is C87H149ClN22O33S. The number of hydrogen-bond acceptors (Lipinski definition) is 39. The van der Waals surface area contributed by atoms with Gasteiger partial charge in [-0.3, -0.25) is 65.7 Å². The van der Waals surface area contributed by atoms with Crippen molar-refractivity contribution in [3.63, 3.8) is 0 Å². The number of aliphatic imine (C=N–C) groups is 1. The lowest BCUT2D eigenvalue weighted by atomic mass is 9.99. The third kappa shape index (κ3) is 46.6. The summed E-state index contributed by atoms with van der Waals surface area (Å²) < 4.78 is 73.7. The number of esters is 3.